The van der Waals surface area contributed by atoms with Gasteiger partial charge in [0.1, 0.15) is 6.07 Å². The van der Waals surface area contributed by atoms with E-state index in [4.69, 9.17) is 5.26 Å². The maximum absolute atomic E-state index is 13.3. The van der Waals surface area contributed by atoms with Crippen LogP contribution >= 0.6 is 0 Å². The van der Waals surface area contributed by atoms with E-state index in [2.05, 4.69) is 10.1 Å². The summed E-state index contributed by atoms with van der Waals surface area (Å²) in [7, 11) is 0. The van der Waals surface area contributed by atoms with Gasteiger partial charge in [0.2, 0.25) is 0 Å². The molecule has 4 nitrogen and oxygen atoms in total. The highest BCUT2D eigenvalue weighted by Gasteiger charge is 2.14. The molecule has 0 spiro atoms. The van der Waals surface area contributed by atoms with E-state index in [-0.39, 0.29) is 6.61 Å². The van der Waals surface area contributed by atoms with Gasteiger partial charge in [-0.25, -0.2) is 18.0 Å². The number of carbonyl (C=O) groups is 1. The van der Waals surface area contributed by atoms with Gasteiger partial charge in [-0.2, -0.15) is 5.26 Å². The van der Waals surface area contributed by atoms with Gasteiger partial charge in [-0.3, -0.25) is 0 Å². The zero-order valence-electron chi connectivity index (χ0n) is 9.84. The third-order valence-electron chi connectivity index (χ3n) is 2.02. The van der Waals surface area contributed by atoms with Crippen molar-refractivity contribution in [3.8, 4) is 6.07 Å². The van der Waals surface area contributed by atoms with E-state index >= 15 is 0 Å². The van der Waals surface area contributed by atoms with E-state index in [1.807, 2.05) is 0 Å². The number of carbonyl (C=O) groups excluding carboxylic acids is 1. The monoisotopic (exact) mass is 270 g/mol. The predicted octanol–water partition coefficient (Wildman–Crippen LogP) is 2.49. The average molecular weight is 270 g/mol. The number of hydrogen-bond donors (Lipinski definition) is 1. The van der Waals surface area contributed by atoms with Crippen LogP contribution in [0, 0.1) is 28.8 Å². The highest BCUT2D eigenvalue weighted by atomic mass is 19.2. The van der Waals surface area contributed by atoms with E-state index in [0.29, 0.717) is 6.07 Å². The van der Waals surface area contributed by atoms with E-state index in [9.17, 15) is 18.0 Å². The van der Waals surface area contributed by atoms with Crippen molar-refractivity contribution < 1.29 is 22.7 Å². The molecule has 0 aliphatic heterocycles. The van der Waals surface area contributed by atoms with Gasteiger partial charge in [-0.15, -0.1) is 0 Å². The van der Waals surface area contributed by atoms with Crippen LogP contribution in [0.15, 0.2) is 23.9 Å². The molecule has 1 aromatic carbocycles. The molecule has 0 aliphatic rings. The molecule has 0 saturated heterocycles. The number of hydrogen-bond acceptors (Lipinski definition) is 4. The smallest absolute Gasteiger partial charge is 0.350 e. The summed E-state index contributed by atoms with van der Waals surface area (Å²) < 4.78 is 43.4. The molecule has 0 aromatic heterocycles. The Balaban J connectivity index is 2.94. The van der Waals surface area contributed by atoms with E-state index in [1.165, 1.54) is 6.07 Å². The van der Waals surface area contributed by atoms with Crippen molar-refractivity contribution in [2.75, 3.05) is 11.9 Å². The van der Waals surface area contributed by atoms with Gasteiger partial charge in [0.15, 0.2) is 23.0 Å². The molecular weight excluding hydrogens is 261 g/mol. The number of anilines is 1. The van der Waals surface area contributed by atoms with Gasteiger partial charge in [0.05, 0.1) is 12.3 Å². The average Bonchev–Trinajstić information content (AvgIpc) is 2.39. The van der Waals surface area contributed by atoms with Crippen molar-refractivity contribution >= 4 is 11.7 Å². The Morgan fingerprint density at radius 3 is 2.68 bits per heavy atom. The van der Waals surface area contributed by atoms with Gasteiger partial charge >= 0.3 is 5.97 Å². The molecule has 0 radical (unpaired) electrons. The molecule has 0 atom stereocenters. The molecule has 7 heteroatoms. The molecule has 1 rings (SSSR count). The summed E-state index contributed by atoms with van der Waals surface area (Å²) in [5.74, 6) is -5.33. The number of nitrogens with one attached hydrogen (secondary N) is 1. The van der Waals surface area contributed by atoms with Gasteiger partial charge < -0.3 is 10.1 Å². The maximum atomic E-state index is 13.3. The molecule has 0 aliphatic carbocycles. The van der Waals surface area contributed by atoms with Crippen molar-refractivity contribution in [1.29, 1.82) is 5.26 Å². The molecule has 1 aromatic rings. The van der Waals surface area contributed by atoms with Crippen LogP contribution in [-0.4, -0.2) is 12.6 Å². The first-order valence-electron chi connectivity index (χ1n) is 5.18. The first kappa shape index (κ1) is 14.6. The first-order valence-corrected chi connectivity index (χ1v) is 5.18. The van der Waals surface area contributed by atoms with Gasteiger partial charge in [-0.05, 0) is 19.1 Å². The third-order valence-corrected chi connectivity index (χ3v) is 2.02. The van der Waals surface area contributed by atoms with Crippen molar-refractivity contribution in [3.05, 3.63) is 41.4 Å². The lowest BCUT2D eigenvalue weighted by atomic mass is 10.2. The Bertz CT molecular complexity index is 565. The molecule has 0 fully saturated rings. The largest absolute Gasteiger partial charge is 0.462 e. The minimum atomic E-state index is -1.65. The Morgan fingerprint density at radius 1 is 1.42 bits per heavy atom. The van der Waals surface area contributed by atoms with Crippen LogP contribution in [0.4, 0.5) is 18.9 Å². The summed E-state index contributed by atoms with van der Waals surface area (Å²) >= 11 is 0. The summed E-state index contributed by atoms with van der Waals surface area (Å²) in [4.78, 5) is 11.2. The molecular formula is C12H9F3N2O2. The van der Waals surface area contributed by atoms with E-state index in [1.54, 1.807) is 6.92 Å². The summed E-state index contributed by atoms with van der Waals surface area (Å²) in [6, 6.07) is 3.18. The molecule has 0 saturated carbocycles. The minimum absolute atomic E-state index is 0.0669. The Labute approximate surface area is 107 Å². The summed E-state index contributed by atoms with van der Waals surface area (Å²) in [6.07, 6.45) is 0.855. The number of nitriles is 1. The number of halogens is 3. The Hall–Kier alpha value is -2.49. The number of ether oxygens (including phenoxy) is 1. The fourth-order valence-electron chi connectivity index (χ4n) is 1.13. The molecule has 19 heavy (non-hydrogen) atoms. The van der Waals surface area contributed by atoms with Crippen LogP contribution in [-0.2, 0) is 9.53 Å². The lowest BCUT2D eigenvalue weighted by Gasteiger charge is -2.05. The Kier molecular flexibility index (Phi) is 4.94. The zero-order chi connectivity index (χ0) is 14.4. The second-order valence-corrected chi connectivity index (χ2v) is 3.26. The number of esters is 1. The van der Waals surface area contributed by atoms with Crippen molar-refractivity contribution in [2.45, 2.75) is 6.92 Å². The molecule has 1 N–H and O–H groups in total. The fraction of sp³-hybridized carbons (Fsp3) is 0.167. The van der Waals surface area contributed by atoms with Gasteiger partial charge in [0.25, 0.3) is 0 Å². The molecule has 0 unspecified atom stereocenters. The molecule has 100 valence electrons. The Morgan fingerprint density at radius 2 is 2.11 bits per heavy atom. The number of rotatable bonds is 4. The fourth-order valence-corrected chi connectivity index (χ4v) is 1.13. The molecule has 0 bridgehead atoms. The maximum Gasteiger partial charge on any atom is 0.350 e. The minimum Gasteiger partial charge on any atom is -0.462 e. The molecule has 0 heterocycles. The van der Waals surface area contributed by atoms with Crippen LogP contribution < -0.4 is 5.32 Å². The van der Waals surface area contributed by atoms with Crippen LogP contribution in [0.25, 0.3) is 0 Å². The van der Waals surface area contributed by atoms with Crippen LogP contribution in [0.5, 0.6) is 0 Å². The van der Waals surface area contributed by atoms with Crippen molar-refractivity contribution in [3.63, 3.8) is 0 Å². The first-order chi connectivity index (χ1) is 9.01. The summed E-state index contributed by atoms with van der Waals surface area (Å²) in [5.41, 5.74) is -0.832. The number of benzene rings is 1. The van der Waals surface area contributed by atoms with Gasteiger partial charge in [0, 0.05) is 6.20 Å². The standard InChI is InChI=1S/C12H9F3N2O2/c1-2-19-12(18)7(5-16)6-17-9-4-3-8(13)10(14)11(9)15/h3-4,6,17H,2H2,1H3/b7-6+. The summed E-state index contributed by atoms with van der Waals surface area (Å²) in [6.45, 7) is 1.62. The van der Waals surface area contributed by atoms with Crippen LogP contribution in [0.3, 0.4) is 0 Å². The molecule has 0 amide bonds. The predicted molar refractivity (Wildman–Crippen MR) is 60.3 cm³/mol. The second kappa shape index (κ2) is 6.44. The van der Waals surface area contributed by atoms with Gasteiger partial charge in [-0.1, -0.05) is 0 Å². The quantitative estimate of drug-likeness (QED) is 0.395. The van der Waals surface area contributed by atoms with E-state index < -0.39 is 34.7 Å². The lowest BCUT2D eigenvalue weighted by Crippen LogP contribution is -2.08. The topological polar surface area (TPSA) is 62.1 Å². The van der Waals surface area contributed by atoms with Crippen molar-refractivity contribution in [1.82, 2.24) is 0 Å². The van der Waals surface area contributed by atoms with Crippen LogP contribution in [0.2, 0.25) is 0 Å². The second-order valence-electron chi connectivity index (χ2n) is 3.26. The highest BCUT2D eigenvalue weighted by Crippen LogP contribution is 2.19. The lowest BCUT2D eigenvalue weighted by molar-refractivity contribution is -0.138. The SMILES string of the molecule is CCOC(=O)/C(C#N)=C/Nc1ccc(F)c(F)c1F. The summed E-state index contributed by atoms with van der Waals surface area (Å²) in [5, 5.41) is 10.9. The highest BCUT2D eigenvalue weighted by molar-refractivity contribution is 5.93. The van der Waals surface area contributed by atoms with E-state index in [0.717, 1.165) is 12.3 Å². The third kappa shape index (κ3) is 3.48. The van der Waals surface area contributed by atoms with Crippen LogP contribution in [0.1, 0.15) is 6.92 Å². The normalized spacial score (nSPS) is 10.8. The van der Waals surface area contributed by atoms with Crippen molar-refractivity contribution in [2.24, 2.45) is 0 Å². The number of nitrogens with zero attached hydrogens (tertiary/aromatic N) is 1. The zero-order valence-corrected chi connectivity index (χ0v) is 9.84.